The molecule has 0 amide bonds. The van der Waals surface area contributed by atoms with E-state index < -0.39 is 0 Å². The smallest absolute Gasteiger partial charge is 0.201 e. The second-order valence-electron chi connectivity index (χ2n) is 1.70. The summed E-state index contributed by atoms with van der Waals surface area (Å²) in [5, 5.41) is 2.60. The van der Waals surface area contributed by atoms with Crippen LogP contribution in [0.2, 0.25) is 0 Å². The van der Waals surface area contributed by atoms with Gasteiger partial charge in [-0.15, -0.1) is 11.3 Å². The van der Waals surface area contributed by atoms with Crippen molar-refractivity contribution in [1.29, 1.82) is 0 Å². The molecule has 0 aliphatic rings. The minimum atomic E-state index is 0.609. The molecule has 1 rings (SSSR count). The van der Waals surface area contributed by atoms with E-state index in [0.29, 0.717) is 11.7 Å². The Balaban J connectivity index is 2.59. The summed E-state index contributed by atoms with van der Waals surface area (Å²) in [5.74, 6) is 0. The first-order valence-corrected chi connectivity index (χ1v) is 4.34. The topological polar surface area (TPSA) is 9.23 Å². The highest BCUT2D eigenvalue weighted by Crippen LogP contribution is 2.10. The van der Waals surface area contributed by atoms with Crippen molar-refractivity contribution in [3.05, 3.63) is 22.4 Å². The summed E-state index contributed by atoms with van der Waals surface area (Å²) in [5.41, 5.74) is 0. The number of thiocarbonyl (C=S) groups is 1. The molecule has 0 aliphatic carbocycles. The van der Waals surface area contributed by atoms with E-state index in [1.807, 2.05) is 24.4 Å². The van der Waals surface area contributed by atoms with Gasteiger partial charge >= 0.3 is 0 Å². The third-order valence-electron chi connectivity index (χ3n) is 0.998. The van der Waals surface area contributed by atoms with E-state index in [-0.39, 0.29) is 0 Å². The first-order chi connectivity index (χ1) is 4.84. The van der Waals surface area contributed by atoms with Crippen LogP contribution in [0.3, 0.4) is 0 Å². The van der Waals surface area contributed by atoms with Crippen LogP contribution < -0.4 is 0 Å². The standard InChI is InChI=1S/C7H8OS2/c1-2-8-7(9)6-4-3-5-10-6/h3-5H,2H2,1H3. The van der Waals surface area contributed by atoms with Crippen LogP contribution in [-0.2, 0) is 4.74 Å². The van der Waals surface area contributed by atoms with Crippen molar-refractivity contribution in [3.8, 4) is 0 Å². The molecule has 0 saturated heterocycles. The van der Waals surface area contributed by atoms with Crippen molar-refractivity contribution in [2.24, 2.45) is 0 Å². The van der Waals surface area contributed by atoms with Crippen LogP contribution in [0.25, 0.3) is 0 Å². The summed E-state index contributed by atoms with van der Waals surface area (Å²) in [7, 11) is 0. The molecule has 1 heterocycles. The van der Waals surface area contributed by atoms with Crippen LogP contribution in [0.5, 0.6) is 0 Å². The molecule has 0 unspecified atom stereocenters. The number of hydrogen-bond acceptors (Lipinski definition) is 3. The Morgan fingerprint density at radius 2 is 2.60 bits per heavy atom. The van der Waals surface area contributed by atoms with Gasteiger partial charge in [-0.25, -0.2) is 0 Å². The molecule has 0 atom stereocenters. The maximum atomic E-state index is 5.13. The zero-order chi connectivity index (χ0) is 7.40. The summed E-state index contributed by atoms with van der Waals surface area (Å²) in [4.78, 5) is 1.04. The van der Waals surface area contributed by atoms with Gasteiger partial charge in [-0.05, 0) is 30.6 Å². The summed E-state index contributed by atoms with van der Waals surface area (Å²) >= 11 is 6.57. The van der Waals surface area contributed by atoms with Crippen LogP contribution in [0.4, 0.5) is 0 Å². The zero-order valence-electron chi connectivity index (χ0n) is 5.66. The minimum absolute atomic E-state index is 0.609. The van der Waals surface area contributed by atoms with Crippen molar-refractivity contribution in [2.45, 2.75) is 6.92 Å². The van der Waals surface area contributed by atoms with E-state index in [2.05, 4.69) is 0 Å². The van der Waals surface area contributed by atoms with E-state index in [4.69, 9.17) is 17.0 Å². The van der Waals surface area contributed by atoms with Gasteiger partial charge < -0.3 is 4.74 Å². The molecular formula is C7H8OS2. The molecule has 0 saturated carbocycles. The van der Waals surface area contributed by atoms with Crippen LogP contribution in [0, 0.1) is 0 Å². The van der Waals surface area contributed by atoms with Gasteiger partial charge in [0.25, 0.3) is 0 Å². The molecule has 0 bridgehead atoms. The Hall–Kier alpha value is -0.410. The predicted octanol–water partition coefficient (Wildman–Crippen LogP) is 2.46. The highest BCUT2D eigenvalue weighted by molar-refractivity contribution is 7.80. The average Bonchev–Trinajstić information content (AvgIpc) is 2.38. The fourth-order valence-corrected chi connectivity index (χ4v) is 1.54. The van der Waals surface area contributed by atoms with Crippen molar-refractivity contribution in [3.63, 3.8) is 0 Å². The van der Waals surface area contributed by atoms with Gasteiger partial charge in [0.15, 0.2) is 0 Å². The number of rotatable bonds is 2. The molecule has 0 N–H and O–H groups in total. The van der Waals surface area contributed by atoms with Gasteiger partial charge in [0, 0.05) is 0 Å². The van der Waals surface area contributed by atoms with Gasteiger partial charge in [0.2, 0.25) is 5.05 Å². The molecular weight excluding hydrogens is 164 g/mol. The lowest BCUT2D eigenvalue weighted by molar-refractivity contribution is 0.338. The number of ether oxygens (including phenoxy) is 1. The summed E-state index contributed by atoms with van der Waals surface area (Å²) in [6, 6.07) is 3.92. The van der Waals surface area contributed by atoms with E-state index in [1.165, 1.54) is 0 Å². The van der Waals surface area contributed by atoms with Gasteiger partial charge in [0.05, 0.1) is 11.5 Å². The Labute approximate surface area is 69.6 Å². The molecule has 54 valence electrons. The van der Waals surface area contributed by atoms with Crippen LogP contribution >= 0.6 is 23.6 Å². The third-order valence-corrected chi connectivity index (χ3v) is 2.33. The van der Waals surface area contributed by atoms with Crippen molar-refractivity contribution in [2.75, 3.05) is 6.61 Å². The quantitative estimate of drug-likeness (QED) is 0.634. The van der Waals surface area contributed by atoms with Crippen molar-refractivity contribution >= 4 is 28.6 Å². The fraction of sp³-hybridized carbons (Fsp3) is 0.286. The first-order valence-electron chi connectivity index (χ1n) is 3.05. The Bertz CT molecular complexity index is 203. The molecule has 0 spiro atoms. The Morgan fingerprint density at radius 3 is 3.10 bits per heavy atom. The molecule has 0 aliphatic heterocycles. The lowest BCUT2D eigenvalue weighted by Crippen LogP contribution is -1.99. The van der Waals surface area contributed by atoms with Crippen LogP contribution in [0.15, 0.2) is 17.5 Å². The average molecular weight is 172 g/mol. The summed E-state index contributed by atoms with van der Waals surface area (Å²) in [6.45, 7) is 2.58. The van der Waals surface area contributed by atoms with Crippen LogP contribution in [0.1, 0.15) is 11.8 Å². The predicted molar refractivity (Wildman–Crippen MR) is 47.6 cm³/mol. The Kier molecular flexibility index (Phi) is 2.83. The van der Waals surface area contributed by atoms with Gasteiger partial charge in [-0.2, -0.15) is 0 Å². The lowest BCUT2D eigenvalue weighted by atomic mass is 10.5. The highest BCUT2D eigenvalue weighted by Gasteiger charge is 1.99. The highest BCUT2D eigenvalue weighted by atomic mass is 32.1. The molecule has 1 aromatic heterocycles. The third kappa shape index (κ3) is 1.78. The summed E-state index contributed by atoms with van der Waals surface area (Å²) in [6.07, 6.45) is 0. The van der Waals surface area contributed by atoms with E-state index in [1.54, 1.807) is 11.3 Å². The normalized spacial score (nSPS) is 9.30. The molecule has 1 nitrogen and oxygen atoms in total. The minimum Gasteiger partial charge on any atom is -0.483 e. The zero-order valence-corrected chi connectivity index (χ0v) is 7.30. The molecule has 1 aromatic rings. The molecule has 0 aromatic carbocycles. The first kappa shape index (κ1) is 7.69. The largest absolute Gasteiger partial charge is 0.483 e. The van der Waals surface area contributed by atoms with Crippen LogP contribution in [-0.4, -0.2) is 11.7 Å². The van der Waals surface area contributed by atoms with Crippen molar-refractivity contribution in [1.82, 2.24) is 0 Å². The molecule has 3 heteroatoms. The van der Waals surface area contributed by atoms with Gasteiger partial charge in [-0.1, -0.05) is 6.07 Å². The monoisotopic (exact) mass is 172 g/mol. The maximum absolute atomic E-state index is 5.13. The van der Waals surface area contributed by atoms with Gasteiger partial charge in [0.1, 0.15) is 0 Å². The lowest BCUT2D eigenvalue weighted by Gasteiger charge is -1.99. The number of hydrogen-bond donors (Lipinski definition) is 0. The van der Waals surface area contributed by atoms with E-state index in [9.17, 15) is 0 Å². The second kappa shape index (κ2) is 3.68. The fourth-order valence-electron chi connectivity index (χ4n) is 0.597. The second-order valence-corrected chi connectivity index (χ2v) is 3.02. The van der Waals surface area contributed by atoms with E-state index >= 15 is 0 Å². The number of thiophene rings is 1. The SMILES string of the molecule is CCOC(=S)c1cccs1. The molecule has 10 heavy (non-hydrogen) atoms. The summed E-state index contributed by atoms with van der Waals surface area (Å²) < 4.78 is 5.13. The molecule has 0 radical (unpaired) electrons. The van der Waals surface area contributed by atoms with Crippen molar-refractivity contribution < 1.29 is 4.74 Å². The maximum Gasteiger partial charge on any atom is 0.201 e. The molecule has 0 fully saturated rings. The van der Waals surface area contributed by atoms with Gasteiger partial charge in [-0.3, -0.25) is 0 Å². The van der Waals surface area contributed by atoms with E-state index in [0.717, 1.165) is 4.88 Å². The Morgan fingerprint density at radius 1 is 1.80 bits per heavy atom.